The van der Waals surface area contributed by atoms with E-state index in [0.717, 1.165) is 10.6 Å². The number of nitrogens with zero attached hydrogens (tertiary/aromatic N) is 5. The van der Waals surface area contributed by atoms with Gasteiger partial charge in [-0.15, -0.1) is 10.2 Å². The third-order valence-electron chi connectivity index (χ3n) is 4.45. The largest absolute Gasteiger partial charge is 0.338 e. The summed E-state index contributed by atoms with van der Waals surface area (Å²) in [6.45, 7) is 7.53. The first-order valence-corrected chi connectivity index (χ1v) is 9.62. The van der Waals surface area contributed by atoms with Crippen molar-refractivity contribution in [3.05, 3.63) is 35.1 Å². The summed E-state index contributed by atoms with van der Waals surface area (Å²) in [6, 6.07) is 3.80. The molecule has 2 aromatic rings. The highest BCUT2D eigenvalue weighted by molar-refractivity contribution is 7.15. The molecule has 0 aliphatic carbocycles. The maximum Gasteiger partial charge on any atom is 0.229 e. The van der Waals surface area contributed by atoms with Gasteiger partial charge in [-0.1, -0.05) is 25.2 Å². The molecular weight excluding hydrogens is 350 g/mol. The zero-order chi connectivity index (χ0) is 18.7. The average molecular weight is 373 g/mol. The molecule has 0 N–H and O–H groups in total. The molecule has 0 bridgehead atoms. The van der Waals surface area contributed by atoms with Gasteiger partial charge in [0.15, 0.2) is 0 Å². The summed E-state index contributed by atoms with van der Waals surface area (Å²) in [7, 11) is 0. The molecule has 1 atom stereocenters. The summed E-state index contributed by atoms with van der Waals surface area (Å²) < 4.78 is 0. The Morgan fingerprint density at radius 2 is 2.08 bits per heavy atom. The van der Waals surface area contributed by atoms with E-state index in [4.69, 9.17) is 0 Å². The van der Waals surface area contributed by atoms with Crippen molar-refractivity contribution in [3.63, 3.8) is 0 Å². The maximum atomic E-state index is 12.9. The highest BCUT2D eigenvalue weighted by atomic mass is 32.1. The van der Waals surface area contributed by atoms with E-state index >= 15 is 0 Å². The van der Waals surface area contributed by atoms with Crippen LogP contribution in [0.4, 0.5) is 5.13 Å². The summed E-state index contributed by atoms with van der Waals surface area (Å²) >= 11 is 1.42. The first-order valence-electron chi connectivity index (χ1n) is 8.81. The molecule has 7 nitrogen and oxygen atoms in total. The molecule has 0 saturated carbocycles. The Kier molecular flexibility index (Phi) is 5.61. The van der Waals surface area contributed by atoms with E-state index in [1.165, 1.54) is 11.3 Å². The Morgan fingerprint density at radius 3 is 2.69 bits per heavy atom. The molecule has 26 heavy (non-hydrogen) atoms. The van der Waals surface area contributed by atoms with E-state index in [-0.39, 0.29) is 30.1 Å². The number of carbonyl (C=O) groups is 2. The average Bonchev–Trinajstić information content (AvgIpc) is 3.26. The topological polar surface area (TPSA) is 79.3 Å². The Bertz CT molecular complexity index is 777. The van der Waals surface area contributed by atoms with E-state index in [1.807, 2.05) is 32.9 Å². The van der Waals surface area contributed by atoms with E-state index in [2.05, 4.69) is 15.2 Å². The second kappa shape index (κ2) is 7.90. The van der Waals surface area contributed by atoms with Gasteiger partial charge in [-0.3, -0.25) is 19.5 Å². The predicted octanol–water partition coefficient (Wildman–Crippen LogP) is 2.46. The SMILES string of the molecule is CCN(Cc1ccncc1)C(=O)C1CC(=O)N(c2nnc(C(C)C)s2)C1. The third-order valence-corrected chi connectivity index (χ3v) is 5.69. The van der Waals surface area contributed by atoms with Gasteiger partial charge in [-0.2, -0.15) is 0 Å². The van der Waals surface area contributed by atoms with Crippen molar-refractivity contribution in [1.29, 1.82) is 0 Å². The minimum atomic E-state index is -0.337. The van der Waals surface area contributed by atoms with Gasteiger partial charge in [0.05, 0.1) is 5.92 Å². The van der Waals surface area contributed by atoms with Crippen molar-refractivity contribution in [2.45, 2.75) is 39.7 Å². The number of hydrogen-bond donors (Lipinski definition) is 0. The lowest BCUT2D eigenvalue weighted by Gasteiger charge is -2.24. The zero-order valence-corrected chi connectivity index (χ0v) is 16.1. The number of rotatable bonds is 6. The molecule has 8 heteroatoms. The molecule has 1 saturated heterocycles. The Balaban J connectivity index is 1.69. The first-order chi connectivity index (χ1) is 12.5. The molecule has 3 rings (SSSR count). The van der Waals surface area contributed by atoms with Gasteiger partial charge in [-0.05, 0) is 24.6 Å². The fourth-order valence-electron chi connectivity index (χ4n) is 2.94. The summed E-state index contributed by atoms with van der Waals surface area (Å²) in [6.07, 6.45) is 3.66. The van der Waals surface area contributed by atoms with Crippen molar-refractivity contribution in [1.82, 2.24) is 20.1 Å². The molecule has 0 radical (unpaired) electrons. The van der Waals surface area contributed by atoms with Crippen LogP contribution in [-0.2, 0) is 16.1 Å². The van der Waals surface area contributed by atoms with Crippen LogP contribution in [0.5, 0.6) is 0 Å². The molecule has 0 spiro atoms. The summed E-state index contributed by atoms with van der Waals surface area (Å²) in [4.78, 5) is 32.7. The van der Waals surface area contributed by atoms with Crippen LogP contribution in [0.3, 0.4) is 0 Å². The van der Waals surface area contributed by atoms with E-state index in [0.29, 0.717) is 24.8 Å². The van der Waals surface area contributed by atoms with Gasteiger partial charge in [0.2, 0.25) is 16.9 Å². The van der Waals surface area contributed by atoms with Crippen LogP contribution in [0.2, 0.25) is 0 Å². The number of pyridine rings is 1. The summed E-state index contributed by atoms with van der Waals surface area (Å²) in [5.41, 5.74) is 1.03. The second-order valence-corrected chi connectivity index (χ2v) is 7.68. The number of amides is 2. The Labute approximate surface area is 157 Å². The smallest absolute Gasteiger partial charge is 0.229 e. The summed E-state index contributed by atoms with van der Waals surface area (Å²) in [5.74, 6) is -0.119. The molecule has 3 heterocycles. The Hall–Kier alpha value is -2.35. The monoisotopic (exact) mass is 373 g/mol. The molecular formula is C18H23N5O2S. The molecule has 2 amide bonds. The van der Waals surface area contributed by atoms with E-state index < -0.39 is 0 Å². The van der Waals surface area contributed by atoms with Crippen LogP contribution in [0.15, 0.2) is 24.5 Å². The van der Waals surface area contributed by atoms with Crippen molar-refractivity contribution in [2.24, 2.45) is 5.92 Å². The second-order valence-electron chi connectivity index (χ2n) is 6.69. The van der Waals surface area contributed by atoms with Crippen LogP contribution in [0.25, 0.3) is 0 Å². The minimum absolute atomic E-state index is 0.00811. The molecule has 1 aliphatic rings. The van der Waals surface area contributed by atoms with E-state index in [9.17, 15) is 9.59 Å². The quantitative estimate of drug-likeness (QED) is 0.777. The van der Waals surface area contributed by atoms with Crippen LogP contribution < -0.4 is 4.90 Å². The fourth-order valence-corrected chi connectivity index (χ4v) is 3.81. The normalized spacial score (nSPS) is 17.2. The lowest BCUT2D eigenvalue weighted by atomic mass is 10.1. The van der Waals surface area contributed by atoms with Crippen molar-refractivity contribution < 1.29 is 9.59 Å². The highest BCUT2D eigenvalue weighted by Gasteiger charge is 2.38. The van der Waals surface area contributed by atoms with Crippen molar-refractivity contribution >= 4 is 28.3 Å². The van der Waals surface area contributed by atoms with Gasteiger partial charge in [0.1, 0.15) is 5.01 Å². The standard InChI is InChI=1S/C18H23N5O2S/c1-4-22(10-13-5-7-19-8-6-13)17(25)14-9-15(24)23(11-14)18-21-20-16(26-18)12(2)3/h5-8,12,14H,4,9-11H2,1-3H3. The van der Waals surface area contributed by atoms with Crippen LogP contribution in [0, 0.1) is 5.92 Å². The minimum Gasteiger partial charge on any atom is -0.338 e. The first kappa shape index (κ1) is 18.4. The number of anilines is 1. The molecule has 0 aromatic carbocycles. The van der Waals surface area contributed by atoms with Gasteiger partial charge in [0, 0.05) is 44.4 Å². The van der Waals surface area contributed by atoms with Gasteiger partial charge in [-0.25, -0.2) is 0 Å². The maximum absolute atomic E-state index is 12.9. The van der Waals surface area contributed by atoms with E-state index in [1.54, 1.807) is 22.2 Å². The highest BCUT2D eigenvalue weighted by Crippen LogP contribution is 2.31. The van der Waals surface area contributed by atoms with Crippen LogP contribution in [-0.4, -0.2) is 45.0 Å². The zero-order valence-electron chi connectivity index (χ0n) is 15.3. The van der Waals surface area contributed by atoms with Crippen LogP contribution in [0.1, 0.15) is 43.7 Å². The van der Waals surface area contributed by atoms with Crippen molar-refractivity contribution in [2.75, 3.05) is 18.0 Å². The Morgan fingerprint density at radius 1 is 1.35 bits per heavy atom. The van der Waals surface area contributed by atoms with Gasteiger partial charge in [0.25, 0.3) is 0 Å². The molecule has 2 aromatic heterocycles. The molecule has 1 fully saturated rings. The lowest BCUT2D eigenvalue weighted by molar-refractivity contribution is -0.136. The fraction of sp³-hybridized carbons (Fsp3) is 0.500. The predicted molar refractivity (Wildman–Crippen MR) is 99.8 cm³/mol. The number of carbonyl (C=O) groups excluding carboxylic acids is 2. The molecule has 1 aliphatic heterocycles. The lowest BCUT2D eigenvalue weighted by Crippen LogP contribution is -2.37. The summed E-state index contributed by atoms with van der Waals surface area (Å²) in [5, 5.41) is 9.77. The van der Waals surface area contributed by atoms with Gasteiger partial charge < -0.3 is 4.90 Å². The van der Waals surface area contributed by atoms with Crippen molar-refractivity contribution in [3.8, 4) is 0 Å². The third kappa shape index (κ3) is 3.90. The number of hydrogen-bond acceptors (Lipinski definition) is 6. The van der Waals surface area contributed by atoms with Gasteiger partial charge >= 0.3 is 0 Å². The molecule has 138 valence electrons. The van der Waals surface area contributed by atoms with Crippen LogP contribution >= 0.6 is 11.3 Å². The molecule has 1 unspecified atom stereocenters. The number of aromatic nitrogens is 3.